The molecule has 4 heteroatoms. The lowest BCUT2D eigenvalue weighted by atomic mass is 10.1. The molecule has 0 aliphatic carbocycles. The molecule has 2 nitrogen and oxygen atoms in total. The Morgan fingerprint density at radius 1 is 1.05 bits per heavy atom. The van der Waals surface area contributed by atoms with Crippen molar-refractivity contribution >= 4 is 15.9 Å². The third-order valence-corrected chi connectivity index (χ3v) is 3.84. The molecule has 0 atom stereocenters. The number of benzene rings is 2. The van der Waals surface area contributed by atoms with Crippen LogP contribution in [0, 0.1) is 5.82 Å². The Hall–Kier alpha value is -1.23. The fourth-order valence-corrected chi connectivity index (χ4v) is 2.64. The zero-order valence-electron chi connectivity index (χ0n) is 12.4. The van der Waals surface area contributed by atoms with E-state index in [4.69, 9.17) is 0 Å². The van der Waals surface area contributed by atoms with Gasteiger partial charge in [0.1, 0.15) is 5.82 Å². The van der Waals surface area contributed by atoms with E-state index in [2.05, 4.69) is 64.5 Å². The smallest absolute Gasteiger partial charge is 0.137 e. The quantitative estimate of drug-likeness (QED) is 0.848. The molecular weight excluding hydrogens is 331 g/mol. The summed E-state index contributed by atoms with van der Waals surface area (Å²) in [4.78, 5) is 2.16. The first-order valence-corrected chi connectivity index (χ1v) is 7.71. The molecule has 1 N–H and O–H groups in total. The Balaban J connectivity index is 1.95. The molecule has 2 aromatic rings. The van der Waals surface area contributed by atoms with Gasteiger partial charge >= 0.3 is 0 Å². The summed E-state index contributed by atoms with van der Waals surface area (Å²) in [6, 6.07) is 13.5. The van der Waals surface area contributed by atoms with Crippen molar-refractivity contribution in [2.45, 2.75) is 19.6 Å². The zero-order valence-corrected chi connectivity index (χ0v) is 14.0. The van der Waals surface area contributed by atoms with E-state index >= 15 is 0 Å². The Morgan fingerprint density at radius 3 is 2.43 bits per heavy atom. The van der Waals surface area contributed by atoms with Gasteiger partial charge in [0.25, 0.3) is 0 Å². The van der Waals surface area contributed by atoms with Gasteiger partial charge in [-0.05, 0) is 58.8 Å². The summed E-state index contributed by atoms with van der Waals surface area (Å²) in [7, 11) is 4.14. The Labute approximate surface area is 134 Å². The highest BCUT2D eigenvalue weighted by Gasteiger charge is 2.04. The van der Waals surface area contributed by atoms with Crippen molar-refractivity contribution < 1.29 is 4.39 Å². The van der Waals surface area contributed by atoms with Crippen molar-refractivity contribution in [3.63, 3.8) is 0 Å². The molecule has 0 amide bonds. The molecule has 0 spiro atoms. The number of nitrogens with zero attached hydrogens (tertiary/aromatic N) is 1. The van der Waals surface area contributed by atoms with Gasteiger partial charge in [0.2, 0.25) is 0 Å². The second kappa shape index (κ2) is 7.69. The molecule has 0 aliphatic heterocycles. The lowest BCUT2D eigenvalue weighted by Gasteiger charge is -2.14. The minimum Gasteiger partial charge on any atom is -0.309 e. The van der Waals surface area contributed by atoms with Crippen LogP contribution < -0.4 is 5.32 Å². The lowest BCUT2D eigenvalue weighted by molar-refractivity contribution is 0.400. The summed E-state index contributed by atoms with van der Waals surface area (Å²) in [5.74, 6) is -0.227. The number of nitrogens with one attached hydrogen (secondary N) is 1. The van der Waals surface area contributed by atoms with Gasteiger partial charge in [-0.3, -0.25) is 0 Å². The Morgan fingerprint density at radius 2 is 1.76 bits per heavy atom. The molecule has 0 unspecified atom stereocenters. The van der Waals surface area contributed by atoms with E-state index in [9.17, 15) is 4.39 Å². The average molecular weight is 351 g/mol. The van der Waals surface area contributed by atoms with Gasteiger partial charge in [-0.2, -0.15) is 0 Å². The Kier molecular flexibility index (Phi) is 5.91. The highest BCUT2D eigenvalue weighted by molar-refractivity contribution is 9.10. The molecule has 0 fully saturated rings. The van der Waals surface area contributed by atoms with Crippen LogP contribution in [0.5, 0.6) is 0 Å². The molecule has 112 valence electrons. The summed E-state index contributed by atoms with van der Waals surface area (Å²) in [5, 5.41) is 3.42. The van der Waals surface area contributed by atoms with E-state index in [-0.39, 0.29) is 5.82 Å². The number of halogens is 2. The normalized spacial score (nSPS) is 11.1. The summed E-state index contributed by atoms with van der Waals surface area (Å²) >= 11 is 3.21. The topological polar surface area (TPSA) is 15.3 Å². The zero-order chi connectivity index (χ0) is 15.2. The van der Waals surface area contributed by atoms with Crippen molar-refractivity contribution in [2.24, 2.45) is 0 Å². The van der Waals surface area contributed by atoms with Crippen LogP contribution in [0.25, 0.3) is 0 Å². The summed E-state index contributed by atoms with van der Waals surface area (Å²) in [6.45, 7) is 2.45. The van der Waals surface area contributed by atoms with Crippen LogP contribution in [-0.4, -0.2) is 19.0 Å². The monoisotopic (exact) mass is 350 g/mol. The SMILES string of the molecule is CN(C)Cc1ccccc1CNCc1ccc(F)c(Br)c1. The largest absolute Gasteiger partial charge is 0.309 e. The van der Waals surface area contributed by atoms with Gasteiger partial charge in [0, 0.05) is 19.6 Å². The summed E-state index contributed by atoms with van der Waals surface area (Å²) in [5.41, 5.74) is 3.69. The third kappa shape index (κ3) is 4.92. The molecular formula is C17H20BrFN2. The molecule has 0 bridgehead atoms. The molecule has 0 aliphatic rings. The van der Waals surface area contributed by atoms with Gasteiger partial charge in [-0.25, -0.2) is 4.39 Å². The van der Waals surface area contributed by atoms with E-state index < -0.39 is 0 Å². The number of rotatable bonds is 6. The van der Waals surface area contributed by atoms with Crippen LogP contribution in [0.3, 0.4) is 0 Å². The molecule has 21 heavy (non-hydrogen) atoms. The van der Waals surface area contributed by atoms with Gasteiger partial charge in [0.15, 0.2) is 0 Å². The van der Waals surface area contributed by atoms with Gasteiger partial charge in [-0.1, -0.05) is 30.3 Å². The standard InChI is InChI=1S/C17H20BrFN2/c1-21(2)12-15-6-4-3-5-14(15)11-20-10-13-7-8-17(19)16(18)9-13/h3-9,20H,10-12H2,1-2H3. The summed E-state index contributed by atoms with van der Waals surface area (Å²) in [6.07, 6.45) is 0. The first-order chi connectivity index (χ1) is 10.1. The maximum Gasteiger partial charge on any atom is 0.137 e. The maximum absolute atomic E-state index is 13.2. The van der Waals surface area contributed by atoms with Gasteiger partial charge in [-0.15, -0.1) is 0 Å². The van der Waals surface area contributed by atoms with Crippen LogP contribution in [0.4, 0.5) is 4.39 Å². The minimum atomic E-state index is -0.227. The fourth-order valence-electron chi connectivity index (χ4n) is 2.22. The number of hydrogen-bond acceptors (Lipinski definition) is 2. The number of hydrogen-bond donors (Lipinski definition) is 1. The molecule has 0 heterocycles. The first-order valence-electron chi connectivity index (χ1n) is 6.92. The van der Waals surface area contributed by atoms with Crippen molar-refractivity contribution in [1.29, 1.82) is 0 Å². The molecule has 2 aromatic carbocycles. The van der Waals surface area contributed by atoms with E-state index in [1.807, 2.05) is 6.07 Å². The molecule has 2 rings (SSSR count). The highest BCUT2D eigenvalue weighted by Crippen LogP contribution is 2.17. The van der Waals surface area contributed by atoms with Gasteiger partial charge < -0.3 is 10.2 Å². The van der Waals surface area contributed by atoms with Crippen LogP contribution in [0.2, 0.25) is 0 Å². The fraction of sp³-hybridized carbons (Fsp3) is 0.294. The first kappa shape index (κ1) is 16.1. The van der Waals surface area contributed by atoms with E-state index in [0.717, 1.165) is 25.2 Å². The van der Waals surface area contributed by atoms with Crippen LogP contribution in [0.1, 0.15) is 16.7 Å². The summed E-state index contributed by atoms with van der Waals surface area (Å²) < 4.78 is 13.7. The lowest BCUT2D eigenvalue weighted by Crippen LogP contribution is -2.17. The van der Waals surface area contributed by atoms with Crippen LogP contribution in [0.15, 0.2) is 46.9 Å². The van der Waals surface area contributed by atoms with E-state index in [0.29, 0.717) is 4.47 Å². The maximum atomic E-state index is 13.2. The van der Waals surface area contributed by atoms with E-state index in [1.165, 1.54) is 17.2 Å². The predicted molar refractivity (Wildman–Crippen MR) is 88.5 cm³/mol. The molecule has 0 radical (unpaired) electrons. The highest BCUT2D eigenvalue weighted by atomic mass is 79.9. The van der Waals surface area contributed by atoms with Crippen molar-refractivity contribution in [2.75, 3.05) is 14.1 Å². The molecule has 0 aromatic heterocycles. The average Bonchev–Trinajstić information content (AvgIpc) is 2.44. The second-order valence-corrected chi connectivity index (χ2v) is 6.21. The minimum absolute atomic E-state index is 0.227. The van der Waals surface area contributed by atoms with Crippen molar-refractivity contribution in [1.82, 2.24) is 10.2 Å². The third-order valence-electron chi connectivity index (χ3n) is 3.23. The van der Waals surface area contributed by atoms with Crippen molar-refractivity contribution in [3.05, 3.63) is 69.4 Å². The second-order valence-electron chi connectivity index (χ2n) is 5.36. The molecule has 0 saturated heterocycles. The van der Waals surface area contributed by atoms with Crippen LogP contribution >= 0.6 is 15.9 Å². The van der Waals surface area contributed by atoms with Crippen molar-refractivity contribution in [3.8, 4) is 0 Å². The predicted octanol–water partition coefficient (Wildman–Crippen LogP) is 3.94. The van der Waals surface area contributed by atoms with Crippen LogP contribution in [-0.2, 0) is 19.6 Å². The molecule has 0 saturated carbocycles. The van der Waals surface area contributed by atoms with E-state index in [1.54, 1.807) is 6.07 Å². The Bertz CT molecular complexity index is 599. The van der Waals surface area contributed by atoms with Gasteiger partial charge in [0.05, 0.1) is 4.47 Å².